The second kappa shape index (κ2) is 7.06. The molecule has 0 unspecified atom stereocenters. The number of pyridine rings is 1. The van der Waals surface area contributed by atoms with Gasteiger partial charge in [-0.25, -0.2) is 4.98 Å². The zero-order chi connectivity index (χ0) is 19.0. The number of rotatable bonds is 5. The van der Waals surface area contributed by atoms with Crippen LogP contribution in [0.15, 0.2) is 47.3 Å². The minimum Gasteiger partial charge on any atom is -0.382 e. The lowest BCUT2D eigenvalue weighted by Gasteiger charge is -2.16. The van der Waals surface area contributed by atoms with E-state index in [1.54, 1.807) is 12.1 Å². The number of hydrogen-bond donors (Lipinski definition) is 4. The molecule has 0 radical (unpaired) electrons. The average molecular weight is 382 g/mol. The maximum Gasteiger partial charge on any atom is 0.261 e. The Hall–Kier alpha value is -2.83. The molecule has 2 aromatic heterocycles. The molecule has 0 aliphatic heterocycles. The molecular weight excluding hydrogens is 362 g/mol. The molecule has 138 valence electrons. The van der Waals surface area contributed by atoms with Crippen LogP contribution in [0, 0.1) is 0 Å². The first-order chi connectivity index (χ1) is 13.1. The van der Waals surface area contributed by atoms with Crippen LogP contribution in [0.25, 0.3) is 33.3 Å². The SMILES string of the molecule is CC[C@H](N)CNc1c(-c2nc3ccccc3[nH]2)c(=O)[nH]c2ccc(Cl)cc12. The third-order valence-electron chi connectivity index (χ3n) is 4.67. The van der Waals surface area contributed by atoms with Crippen molar-refractivity contribution in [1.82, 2.24) is 15.0 Å². The van der Waals surface area contributed by atoms with Gasteiger partial charge in [0.2, 0.25) is 0 Å². The van der Waals surface area contributed by atoms with E-state index in [0.29, 0.717) is 34.2 Å². The Bertz CT molecular complexity index is 1150. The number of benzene rings is 2. The Morgan fingerprint density at radius 2 is 2.00 bits per heavy atom. The molecule has 0 aliphatic carbocycles. The van der Waals surface area contributed by atoms with Gasteiger partial charge >= 0.3 is 0 Å². The predicted molar refractivity (Wildman–Crippen MR) is 111 cm³/mol. The summed E-state index contributed by atoms with van der Waals surface area (Å²) in [4.78, 5) is 23.7. The van der Waals surface area contributed by atoms with Crippen LogP contribution in [0.3, 0.4) is 0 Å². The van der Waals surface area contributed by atoms with E-state index in [2.05, 4.69) is 20.3 Å². The summed E-state index contributed by atoms with van der Waals surface area (Å²) in [6, 6.07) is 13.0. The molecule has 0 saturated carbocycles. The van der Waals surface area contributed by atoms with Crippen LogP contribution in [0.5, 0.6) is 0 Å². The normalized spacial score (nSPS) is 12.6. The lowest BCUT2D eigenvalue weighted by molar-refractivity contribution is 0.679. The van der Waals surface area contributed by atoms with Crippen LogP contribution in [-0.2, 0) is 0 Å². The molecule has 0 bridgehead atoms. The third kappa shape index (κ3) is 3.29. The molecule has 27 heavy (non-hydrogen) atoms. The first-order valence-corrected chi connectivity index (χ1v) is 9.24. The quantitative estimate of drug-likeness (QED) is 0.421. The van der Waals surface area contributed by atoms with E-state index >= 15 is 0 Å². The zero-order valence-corrected chi connectivity index (χ0v) is 15.6. The number of para-hydroxylation sites is 2. The summed E-state index contributed by atoms with van der Waals surface area (Å²) in [5.41, 5.74) is 9.36. The molecule has 4 aromatic rings. The fourth-order valence-corrected chi connectivity index (χ4v) is 3.30. The standard InChI is InChI=1S/C20H20ClN5O/c1-2-12(22)10-23-18-13-9-11(21)7-8-14(13)26-20(27)17(18)19-24-15-5-3-4-6-16(15)25-19/h3-9,12H,2,10,22H2,1H3,(H,24,25)(H2,23,26,27)/t12-/m0/s1. The highest BCUT2D eigenvalue weighted by Crippen LogP contribution is 2.32. The van der Waals surface area contributed by atoms with Gasteiger partial charge < -0.3 is 21.0 Å². The van der Waals surface area contributed by atoms with Gasteiger partial charge in [-0.15, -0.1) is 0 Å². The van der Waals surface area contributed by atoms with Crippen LogP contribution in [0.1, 0.15) is 13.3 Å². The van der Waals surface area contributed by atoms with E-state index in [0.717, 1.165) is 22.8 Å². The Morgan fingerprint density at radius 3 is 2.78 bits per heavy atom. The topological polar surface area (TPSA) is 99.6 Å². The molecule has 2 aromatic carbocycles. The van der Waals surface area contributed by atoms with Crippen molar-refractivity contribution < 1.29 is 0 Å². The van der Waals surface area contributed by atoms with Crippen molar-refractivity contribution in [2.45, 2.75) is 19.4 Å². The molecule has 0 fully saturated rings. The molecule has 2 heterocycles. The molecular formula is C20H20ClN5O. The van der Waals surface area contributed by atoms with Crippen molar-refractivity contribution in [2.24, 2.45) is 5.73 Å². The van der Waals surface area contributed by atoms with Crippen molar-refractivity contribution in [2.75, 3.05) is 11.9 Å². The fraction of sp³-hybridized carbons (Fsp3) is 0.200. The molecule has 0 saturated heterocycles. The van der Waals surface area contributed by atoms with Gasteiger partial charge in [0.1, 0.15) is 11.4 Å². The number of nitrogens with zero attached hydrogens (tertiary/aromatic N) is 1. The highest BCUT2D eigenvalue weighted by atomic mass is 35.5. The first kappa shape index (κ1) is 17.6. The van der Waals surface area contributed by atoms with Crippen molar-refractivity contribution in [3.63, 3.8) is 0 Å². The van der Waals surface area contributed by atoms with E-state index in [9.17, 15) is 4.79 Å². The minimum atomic E-state index is -0.226. The third-order valence-corrected chi connectivity index (χ3v) is 4.90. The fourth-order valence-electron chi connectivity index (χ4n) is 3.12. The van der Waals surface area contributed by atoms with Crippen molar-refractivity contribution in [3.05, 3.63) is 57.8 Å². The lowest BCUT2D eigenvalue weighted by atomic mass is 10.1. The van der Waals surface area contributed by atoms with Gasteiger partial charge in [-0.05, 0) is 36.8 Å². The highest BCUT2D eigenvalue weighted by molar-refractivity contribution is 6.31. The largest absolute Gasteiger partial charge is 0.382 e. The first-order valence-electron chi connectivity index (χ1n) is 8.87. The second-order valence-corrected chi connectivity index (χ2v) is 6.98. The number of imidazole rings is 1. The van der Waals surface area contributed by atoms with Crippen molar-refractivity contribution in [1.29, 1.82) is 0 Å². The number of fused-ring (bicyclic) bond motifs is 2. The number of nitrogens with one attached hydrogen (secondary N) is 3. The molecule has 1 atom stereocenters. The van der Waals surface area contributed by atoms with Crippen LogP contribution in [-0.4, -0.2) is 27.5 Å². The number of hydrogen-bond acceptors (Lipinski definition) is 4. The highest BCUT2D eigenvalue weighted by Gasteiger charge is 2.18. The summed E-state index contributed by atoms with van der Waals surface area (Å²) < 4.78 is 0. The minimum absolute atomic E-state index is 0.0259. The summed E-state index contributed by atoms with van der Waals surface area (Å²) in [5.74, 6) is 0.506. The maximum absolute atomic E-state index is 12.9. The van der Waals surface area contributed by atoms with Gasteiger partial charge in [-0.1, -0.05) is 30.7 Å². The van der Waals surface area contributed by atoms with E-state index in [1.807, 2.05) is 37.3 Å². The van der Waals surface area contributed by atoms with Gasteiger partial charge in [0.25, 0.3) is 5.56 Å². The molecule has 6 nitrogen and oxygen atoms in total. The summed E-state index contributed by atoms with van der Waals surface area (Å²) >= 11 is 6.22. The van der Waals surface area contributed by atoms with Crippen molar-refractivity contribution >= 4 is 39.2 Å². The number of aromatic nitrogens is 3. The average Bonchev–Trinajstić information content (AvgIpc) is 3.09. The van der Waals surface area contributed by atoms with E-state index in [4.69, 9.17) is 17.3 Å². The molecule has 4 rings (SSSR count). The van der Waals surface area contributed by atoms with Crippen LogP contribution < -0.4 is 16.6 Å². The number of anilines is 1. The Balaban J connectivity index is 1.97. The molecule has 5 N–H and O–H groups in total. The summed E-state index contributed by atoms with van der Waals surface area (Å²) in [6.45, 7) is 2.56. The molecule has 0 aliphatic rings. The smallest absolute Gasteiger partial charge is 0.261 e. The summed E-state index contributed by atoms with van der Waals surface area (Å²) in [5, 5.41) is 4.77. The van der Waals surface area contributed by atoms with E-state index < -0.39 is 0 Å². The Kier molecular flexibility index (Phi) is 4.59. The predicted octanol–water partition coefficient (Wildman–Crippen LogP) is 3.87. The van der Waals surface area contributed by atoms with E-state index in [1.165, 1.54) is 0 Å². The maximum atomic E-state index is 12.9. The molecule has 0 spiro atoms. The monoisotopic (exact) mass is 381 g/mol. The van der Waals surface area contributed by atoms with E-state index in [-0.39, 0.29) is 11.6 Å². The van der Waals surface area contributed by atoms with Gasteiger partial charge in [0.15, 0.2) is 0 Å². The Labute approximate surface area is 160 Å². The van der Waals surface area contributed by atoms with Crippen LogP contribution in [0.4, 0.5) is 5.69 Å². The van der Waals surface area contributed by atoms with Crippen LogP contribution in [0.2, 0.25) is 5.02 Å². The number of aromatic amines is 2. The number of halogens is 1. The van der Waals surface area contributed by atoms with Gasteiger partial charge in [-0.2, -0.15) is 0 Å². The number of nitrogens with two attached hydrogens (primary N) is 1. The van der Waals surface area contributed by atoms with Gasteiger partial charge in [-0.3, -0.25) is 4.79 Å². The molecule has 0 amide bonds. The lowest BCUT2D eigenvalue weighted by Crippen LogP contribution is -2.29. The second-order valence-electron chi connectivity index (χ2n) is 6.55. The summed E-state index contributed by atoms with van der Waals surface area (Å²) in [6.07, 6.45) is 0.828. The number of H-pyrrole nitrogens is 2. The summed E-state index contributed by atoms with van der Waals surface area (Å²) in [7, 11) is 0. The van der Waals surface area contributed by atoms with Gasteiger partial charge in [0.05, 0.1) is 22.2 Å². The van der Waals surface area contributed by atoms with Crippen molar-refractivity contribution in [3.8, 4) is 11.4 Å². The van der Waals surface area contributed by atoms with Gasteiger partial charge in [0, 0.05) is 23.0 Å². The Morgan fingerprint density at radius 1 is 1.19 bits per heavy atom. The van der Waals surface area contributed by atoms with Crippen LogP contribution >= 0.6 is 11.6 Å². The molecule has 7 heteroatoms. The zero-order valence-electron chi connectivity index (χ0n) is 14.8.